The molecule has 0 bridgehead atoms. The van der Waals surface area contributed by atoms with Crippen molar-refractivity contribution in [3.8, 4) is 0 Å². The van der Waals surface area contributed by atoms with Gasteiger partial charge in [-0.1, -0.05) is 6.92 Å². The second-order valence-electron chi connectivity index (χ2n) is 5.86. The Morgan fingerprint density at radius 3 is 2.62 bits per heavy atom. The number of ether oxygens (including phenoxy) is 1. The van der Waals surface area contributed by atoms with Crippen LogP contribution < -0.4 is 16.0 Å². The van der Waals surface area contributed by atoms with Gasteiger partial charge in [-0.05, 0) is 30.8 Å². The predicted octanol–water partition coefficient (Wildman–Crippen LogP) is 0.903. The van der Waals surface area contributed by atoms with Crippen LogP contribution in [0.4, 0.5) is 20.2 Å². The first-order valence-corrected chi connectivity index (χ1v) is 8.47. The van der Waals surface area contributed by atoms with Crippen LogP contribution in [0.5, 0.6) is 0 Å². The maximum atomic E-state index is 12.7. The van der Waals surface area contributed by atoms with Crippen molar-refractivity contribution < 1.29 is 23.1 Å². The van der Waals surface area contributed by atoms with Crippen molar-refractivity contribution in [1.82, 2.24) is 4.90 Å². The zero-order chi connectivity index (χ0) is 19.1. The molecule has 0 radical (unpaired) electrons. The van der Waals surface area contributed by atoms with Gasteiger partial charge in [0.05, 0.1) is 13.2 Å². The maximum Gasteiger partial charge on any atom is 0.253 e. The number of alkyl halides is 2. The molecule has 26 heavy (non-hydrogen) atoms. The molecule has 2 rings (SSSR count). The number of carbonyl (C=O) groups is 2. The quantitative estimate of drug-likeness (QED) is 0.710. The molecule has 3 N–H and O–H groups in total. The van der Waals surface area contributed by atoms with Crippen LogP contribution in [0.1, 0.15) is 6.92 Å². The first-order valence-electron chi connectivity index (χ1n) is 8.47. The molecule has 1 aliphatic heterocycles. The van der Waals surface area contributed by atoms with Crippen molar-refractivity contribution in [2.45, 2.75) is 19.4 Å². The molecule has 0 saturated carbocycles. The summed E-state index contributed by atoms with van der Waals surface area (Å²) < 4.78 is 30.4. The molecular formula is C17H24F2N4O3. The number of benzene rings is 1. The van der Waals surface area contributed by atoms with Gasteiger partial charge in [-0.15, -0.1) is 0 Å². The van der Waals surface area contributed by atoms with Crippen LogP contribution in [0.3, 0.4) is 0 Å². The number of nitrogens with two attached hydrogens (primary N) is 1. The minimum atomic E-state index is -2.54. The second-order valence-corrected chi connectivity index (χ2v) is 5.86. The smallest absolute Gasteiger partial charge is 0.253 e. The molecule has 0 unspecified atom stereocenters. The van der Waals surface area contributed by atoms with Crippen LogP contribution in [0.25, 0.3) is 0 Å². The Kier molecular flexibility index (Phi) is 7.43. The number of halogens is 2. The Hall–Kier alpha value is -2.10. The highest BCUT2D eigenvalue weighted by Gasteiger charge is 2.26. The number of anilines is 2. The van der Waals surface area contributed by atoms with E-state index in [0.717, 1.165) is 0 Å². The van der Waals surface area contributed by atoms with Gasteiger partial charge in [-0.2, -0.15) is 0 Å². The first kappa shape index (κ1) is 20.2. The molecule has 144 valence electrons. The summed E-state index contributed by atoms with van der Waals surface area (Å²) in [5, 5.41) is 2.69. The SMILES string of the molecule is CCN(CC(F)F)[C@@H](CN)C(=O)Nc1ccc(N2CCOCC2=O)cc1. The summed E-state index contributed by atoms with van der Waals surface area (Å²) >= 11 is 0. The van der Waals surface area contributed by atoms with E-state index in [-0.39, 0.29) is 25.6 Å². The Labute approximate surface area is 151 Å². The van der Waals surface area contributed by atoms with Crippen molar-refractivity contribution >= 4 is 23.2 Å². The lowest BCUT2D eigenvalue weighted by atomic mass is 10.2. The van der Waals surface area contributed by atoms with Crippen molar-refractivity contribution in [2.24, 2.45) is 5.73 Å². The summed E-state index contributed by atoms with van der Waals surface area (Å²) in [4.78, 5) is 27.2. The minimum Gasteiger partial charge on any atom is -0.370 e. The zero-order valence-electron chi connectivity index (χ0n) is 14.7. The highest BCUT2D eigenvalue weighted by Crippen LogP contribution is 2.20. The molecule has 1 fully saturated rings. The minimum absolute atomic E-state index is 0.0493. The monoisotopic (exact) mass is 370 g/mol. The van der Waals surface area contributed by atoms with Crippen LogP contribution in [-0.2, 0) is 14.3 Å². The highest BCUT2D eigenvalue weighted by molar-refractivity contribution is 5.97. The number of morpholine rings is 1. The average Bonchev–Trinajstić information content (AvgIpc) is 2.62. The fraction of sp³-hybridized carbons (Fsp3) is 0.529. The Bertz CT molecular complexity index is 613. The molecule has 1 heterocycles. The molecule has 2 amide bonds. The number of rotatable bonds is 8. The molecule has 7 nitrogen and oxygen atoms in total. The van der Waals surface area contributed by atoms with Crippen molar-refractivity contribution in [3.05, 3.63) is 24.3 Å². The van der Waals surface area contributed by atoms with E-state index in [9.17, 15) is 18.4 Å². The second kappa shape index (κ2) is 9.56. The van der Waals surface area contributed by atoms with Gasteiger partial charge in [-0.3, -0.25) is 14.5 Å². The highest BCUT2D eigenvalue weighted by atomic mass is 19.3. The predicted molar refractivity (Wildman–Crippen MR) is 94.3 cm³/mol. The summed E-state index contributed by atoms with van der Waals surface area (Å²) in [5.74, 6) is -0.563. The van der Waals surface area contributed by atoms with Crippen LogP contribution in [0, 0.1) is 0 Å². The van der Waals surface area contributed by atoms with Crippen LogP contribution in [0.15, 0.2) is 24.3 Å². The van der Waals surface area contributed by atoms with Gasteiger partial charge in [0, 0.05) is 24.5 Å². The number of carbonyl (C=O) groups excluding carboxylic acids is 2. The largest absolute Gasteiger partial charge is 0.370 e. The van der Waals surface area contributed by atoms with Crippen LogP contribution in [-0.4, -0.2) is 68.6 Å². The van der Waals surface area contributed by atoms with Crippen LogP contribution in [0.2, 0.25) is 0 Å². The third-order valence-electron chi connectivity index (χ3n) is 4.18. The van der Waals surface area contributed by atoms with E-state index in [4.69, 9.17) is 10.5 Å². The molecule has 1 aromatic carbocycles. The fourth-order valence-electron chi connectivity index (χ4n) is 2.82. The molecule has 1 saturated heterocycles. The fourth-order valence-corrected chi connectivity index (χ4v) is 2.82. The van der Waals surface area contributed by atoms with Gasteiger partial charge in [0.25, 0.3) is 12.3 Å². The van der Waals surface area contributed by atoms with Gasteiger partial charge in [0.2, 0.25) is 5.91 Å². The van der Waals surface area contributed by atoms with E-state index in [1.54, 1.807) is 36.1 Å². The molecule has 0 aromatic heterocycles. The first-order chi connectivity index (χ1) is 12.5. The van der Waals surface area contributed by atoms with Crippen molar-refractivity contribution in [3.63, 3.8) is 0 Å². The average molecular weight is 370 g/mol. The normalized spacial score (nSPS) is 16.2. The summed E-state index contributed by atoms with van der Waals surface area (Å²) in [6.45, 7) is 2.41. The van der Waals surface area contributed by atoms with E-state index in [1.165, 1.54) is 4.90 Å². The van der Waals surface area contributed by atoms with Crippen LogP contribution >= 0.6 is 0 Å². The molecule has 0 spiro atoms. The lowest BCUT2D eigenvalue weighted by molar-refractivity contribution is -0.125. The molecule has 9 heteroatoms. The van der Waals surface area contributed by atoms with Crippen molar-refractivity contribution in [2.75, 3.05) is 49.6 Å². The Morgan fingerprint density at radius 2 is 2.08 bits per heavy atom. The van der Waals surface area contributed by atoms with Gasteiger partial charge in [0.15, 0.2) is 0 Å². The molecular weight excluding hydrogens is 346 g/mol. The molecule has 1 atom stereocenters. The third-order valence-corrected chi connectivity index (χ3v) is 4.18. The van der Waals surface area contributed by atoms with E-state index in [1.807, 2.05) is 0 Å². The Balaban J connectivity index is 2.02. The number of hydrogen-bond donors (Lipinski definition) is 2. The Morgan fingerprint density at radius 1 is 1.38 bits per heavy atom. The molecule has 1 aromatic rings. The number of nitrogens with one attached hydrogen (secondary N) is 1. The molecule has 0 aliphatic carbocycles. The van der Waals surface area contributed by atoms with E-state index in [2.05, 4.69) is 5.32 Å². The summed E-state index contributed by atoms with van der Waals surface area (Å²) in [5.41, 5.74) is 6.83. The van der Waals surface area contributed by atoms with E-state index in [0.29, 0.717) is 24.5 Å². The summed E-state index contributed by atoms with van der Waals surface area (Å²) in [6, 6.07) is 5.91. The van der Waals surface area contributed by atoms with Crippen molar-refractivity contribution in [1.29, 1.82) is 0 Å². The summed E-state index contributed by atoms with van der Waals surface area (Å²) in [6.07, 6.45) is -2.54. The number of nitrogens with zero attached hydrogens (tertiary/aromatic N) is 2. The van der Waals surface area contributed by atoms with Gasteiger partial charge in [-0.25, -0.2) is 8.78 Å². The maximum absolute atomic E-state index is 12.7. The number of likely N-dealkylation sites (N-methyl/N-ethyl adjacent to an activating group) is 1. The standard InChI is InChI=1S/C17H24F2N4O3/c1-2-22(10-15(18)19)14(9-20)17(25)21-12-3-5-13(6-4-12)23-7-8-26-11-16(23)24/h3-6,14-15H,2,7-11,20H2,1H3,(H,21,25)/t14-/m0/s1. The third kappa shape index (κ3) is 5.20. The topological polar surface area (TPSA) is 87.9 Å². The van der Waals surface area contributed by atoms with Gasteiger partial charge < -0.3 is 20.7 Å². The van der Waals surface area contributed by atoms with E-state index >= 15 is 0 Å². The number of amides is 2. The number of hydrogen-bond acceptors (Lipinski definition) is 5. The van der Waals surface area contributed by atoms with E-state index < -0.39 is 24.9 Å². The van der Waals surface area contributed by atoms with Gasteiger partial charge in [0.1, 0.15) is 12.6 Å². The lowest BCUT2D eigenvalue weighted by Gasteiger charge is -2.28. The van der Waals surface area contributed by atoms with Gasteiger partial charge >= 0.3 is 0 Å². The summed E-state index contributed by atoms with van der Waals surface area (Å²) in [7, 11) is 0. The molecule has 1 aliphatic rings. The lowest BCUT2D eigenvalue weighted by Crippen LogP contribution is -2.50. The zero-order valence-corrected chi connectivity index (χ0v) is 14.7.